The maximum atomic E-state index is 10.8. The van der Waals surface area contributed by atoms with Crippen molar-refractivity contribution in [2.45, 2.75) is 25.7 Å². The SMILES string of the molecule is NNc1cc([N+](=O)[O-])cc(NCC2(CO)CCCC2)n1. The fourth-order valence-electron chi connectivity index (χ4n) is 2.58. The summed E-state index contributed by atoms with van der Waals surface area (Å²) >= 11 is 0. The van der Waals surface area contributed by atoms with E-state index < -0.39 is 4.92 Å². The lowest BCUT2D eigenvalue weighted by molar-refractivity contribution is -0.384. The van der Waals surface area contributed by atoms with E-state index in [1.54, 1.807) is 0 Å². The Labute approximate surface area is 116 Å². The highest BCUT2D eigenvalue weighted by Crippen LogP contribution is 2.37. The molecule has 0 atom stereocenters. The molecule has 110 valence electrons. The highest BCUT2D eigenvalue weighted by atomic mass is 16.6. The Hall–Kier alpha value is -1.93. The normalized spacial score (nSPS) is 16.9. The number of nitrogen functional groups attached to an aromatic ring is 1. The van der Waals surface area contributed by atoms with Crippen molar-refractivity contribution in [3.63, 3.8) is 0 Å². The molecule has 0 spiro atoms. The number of pyridine rings is 1. The van der Waals surface area contributed by atoms with E-state index in [1.165, 1.54) is 12.1 Å². The van der Waals surface area contributed by atoms with Gasteiger partial charge in [-0.15, -0.1) is 0 Å². The van der Waals surface area contributed by atoms with Gasteiger partial charge in [0.15, 0.2) is 0 Å². The minimum Gasteiger partial charge on any atom is -0.396 e. The summed E-state index contributed by atoms with van der Waals surface area (Å²) in [6.07, 6.45) is 4.10. The van der Waals surface area contributed by atoms with Gasteiger partial charge in [-0.25, -0.2) is 10.8 Å². The Morgan fingerprint density at radius 2 is 2.05 bits per heavy atom. The molecule has 0 amide bonds. The van der Waals surface area contributed by atoms with Crippen molar-refractivity contribution in [1.29, 1.82) is 0 Å². The molecule has 8 nitrogen and oxygen atoms in total. The summed E-state index contributed by atoms with van der Waals surface area (Å²) in [5.74, 6) is 5.86. The number of aliphatic hydroxyl groups is 1. The summed E-state index contributed by atoms with van der Waals surface area (Å²) in [5.41, 5.74) is 2.08. The summed E-state index contributed by atoms with van der Waals surface area (Å²) in [4.78, 5) is 14.5. The zero-order chi connectivity index (χ0) is 14.6. The van der Waals surface area contributed by atoms with Gasteiger partial charge in [0, 0.05) is 12.0 Å². The quantitative estimate of drug-likeness (QED) is 0.351. The molecule has 1 heterocycles. The number of nitrogens with zero attached hydrogens (tertiary/aromatic N) is 2. The van der Waals surface area contributed by atoms with Gasteiger partial charge in [0.25, 0.3) is 5.69 Å². The van der Waals surface area contributed by atoms with E-state index in [4.69, 9.17) is 5.84 Å². The molecule has 0 aromatic carbocycles. The summed E-state index contributed by atoms with van der Waals surface area (Å²) in [6.45, 7) is 0.651. The summed E-state index contributed by atoms with van der Waals surface area (Å²) in [7, 11) is 0. The molecule has 1 aliphatic rings. The van der Waals surface area contributed by atoms with Crippen molar-refractivity contribution in [3.8, 4) is 0 Å². The van der Waals surface area contributed by atoms with Crippen LogP contribution >= 0.6 is 0 Å². The van der Waals surface area contributed by atoms with Gasteiger partial charge in [0.2, 0.25) is 0 Å². The minimum atomic E-state index is -0.495. The third kappa shape index (κ3) is 3.14. The maximum absolute atomic E-state index is 10.8. The van der Waals surface area contributed by atoms with E-state index in [0.29, 0.717) is 12.4 Å². The predicted octanol–water partition coefficient (Wildman–Crippen LogP) is 1.24. The van der Waals surface area contributed by atoms with E-state index in [1.807, 2.05) is 0 Å². The third-order valence-electron chi connectivity index (χ3n) is 3.81. The fourth-order valence-corrected chi connectivity index (χ4v) is 2.58. The van der Waals surface area contributed by atoms with Crippen molar-refractivity contribution >= 4 is 17.3 Å². The molecular weight excluding hydrogens is 262 g/mol. The van der Waals surface area contributed by atoms with Crippen LogP contribution in [0.5, 0.6) is 0 Å². The molecule has 20 heavy (non-hydrogen) atoms. The van der Waals surface area contributed by atoms with Crippen LogP contribution in [0.3, 0.4) is 0 Å². The smallest absolute Gasteiger partial charge is 0.276 e. The van der Waals surface area contributed by atoms with Crippen LogP contribution in [0.1, 0.15) is 25.7 Å². The summed E-state index contributed by atoms with van der Waals surface area (Å²) in [6, 6.07) is 2.63. The lowest BCUT2D eigenvalue weighted by Crippen LogP contribution is -2.30. The maximum Gasteiger partial charge on any atom is 0.276 e. The van der Waals surface area contributed by atoms with Gasteiger partial charge < -0.3 is 15.8 Å². The molecule has 0 unspecified atom stereocenters. The van der Waals surface area contributed by atoms with Crippen LogP contribution < -0.4 is 16.6 Å². The zero-order valence-electron chi connectivity index (χ0n) is 11.1. The number of hydrogen-bond donors (Lipinski definition) is 4. The number of nitrogens with two attached hydrogens (primary N) is 1. The van der Waals surface area contributed by atoms with Gasteiger partial charge in [-0.05, 0) is 12.8 Å². The van der Waals surface area contributed by atoms with Crippen LogP contribution in [0.25, 0.3) is 0 Å². The lowest BCUT2D eigenvalue weighted by atomic mass is 9.87. The molecule has 0 aliphatic heterocycles. The number of hydrazine groups is 1. The first kappa shape index (κ1) is 14.5. The number of nitro groups is 1. The molecule has 0 bridgehead atoms. The van der Waals surface area contributed by atoms with Gasteiger partial charge in [-0.1, -0.05) is 12.8 Å². The Morgan fingerprint density at radius 1 is 1.40 bits per heavy atom. The van der Waals surface area contributed by atoms with E-state index in [-0.39, 0.29) is 23.5 Å². The average Bonchev–Trinajstić information content (AvgIpc) is 2.94. The van der Waals surface area contributed by atoms with Crippen molar-refractivity contribution in [2.75, 3.05) is 23.9 Å². The molecule has 5 N–H and O–H groups in total. The van der Waals surface area contributed by atoms with Crippen LogP contribution in [0, 0.1) is 15.5 Å². The molecule has 8 heteroatoms. The monoisotopic (exact) mass is 281 g/mol. The number of nitrogens with one attached hydrogen (secondary N) is 2. The first-order valence-corrected chi connectivity index (χ1v) is 6.56. The molecule has 2 rings (SSSR count). The first-order chi connectivity index (χ1) is 9.58. The van der Waals surface area contributed by atoms with Gasteiger partial charge in [-0.3, -0.25) is 10.1 Å². The Balaban J connectivity index is 2.12. The van der Waals surface area contributed by atoms with Crippen LogP contribution in [0.4, 0.5) is 17.3 Å². The van der Waals surface area contributed by atoms with E-state index in [9.17, 15) is 15.2 Å². The number of anilines is 2. The Morgan fingerprint density at radius 3 is 2.60 bits per heavy atom. The average molecular weight is 281 g/mol. The minimum absolute atomic E-state index is 0.0834. The second kappa shape index (κ2) is 6.02. The van der Waals surface area contributed by atoms with Crippen molar-refractivity contribution < 1.29 is 10.0 Å². The van der Waals surface area contributed by atoms with Gasteiger partial charge in [0.1, 0.15) is 11.6 Å². The second-order valence-corrected chi connectivity index (χ2v) is 5.22. The van der Waals surface area contributed by atoms with Crippen LogP contribution in [-0.4, -0.2) is 28.2 Å². The molecule has 1 aliphatic carbocycles. The van der Waals surface area contributed by atoms with Gasteiger partial charge >= 0.3 is 0 Å². The van der Waals surface area contributed by atoms with Crippen LogP contribution in [-0.2, 0) is 0 Å². The molecule has 1 fully saturated rings. The highest BCUT2D eigenvalue weighted by molar-refractivity contribution is 5.54. The summed E-state index contributed by atoms with van der Waals surface area (Å²) < 4.78 is 0. The number of rotatable bonds is 6. The molecular formula is C12H19N5O3. The third-order valence-corrected chi connectivity index (χ3v) is 3.81. The molecule has 0 saturated heterocycles. The molecule has 1 aromatic heterocycles. The van der Waals surface area contributed by atoms with Gasteiger partial charge in [0.05, 0.1) is 23.7 Å². The Kier molecular flexibility index (Phi) is 4.35. The van der Waals surface area contributed by atoms with Gasteiger partial charge in [-0.2, -0.15) is 0 Å². The van der Waals surface area contributed by atoms with Crippen molar-refractivity contribution in [2.24, 2.45) is 11.3 Å². The number of aliphatic hydroxyl groups excluding tert-OH is 1. The lowest BCUT2D eigenvalue weighted by Gasteiger charge is -2.26. The van der Waals surface area contributed by atoms with E-state index in [0.717, 1.165) is 25.7 Å². The predicted molar refractivity (Wildman–Crippen MR) is 75.2 cm³/mol. The largest absolute Gasteiger partial charge is 0.396 e. The molecule has 1 saturated carbocycles. The van der Waals surface area contributed by atoms with Crippen LogP contribution in [0.2, 0.25) is 0 Å². The molecule has 1 aromatic rings. The second-order valence-electron chi connectivity index (χ2n) is 5.22. The molecule has 0 radical (unpaired) electrons. The highest BCUT2D eigenvalue weighted by Gasteiger charge is 2.33. The summed E-state index contributed by atoms with van der Waals surface area (Å²) in [5, 5.41) is 23.5. The van der Waals surface area contributed by atoms with Crippen molar-refractivity contribution in [3.05, 3.63) is 22.2 Å². The fraction of sp³-hybridized carbons (Fsp3) is 0.583. The first-order valence-electron chi connectivity index (χ1n) is 6.56. The number of hydrogen-bond acceptors (Lipinski definition) is 7. The van der Waals surface area contributed by atoms with E-state index >= 15 is 0 Å². The number of aromatic nitrogens is 1. The van der Waals surface area contributed by atoms with E-state index in [2.05, 4.69) is 15.7 Å². The van der Waals surface area contributed by atoms with Crippen molar-refractivity contribution in [1.82, 2.24) is 4.98 Å². The standard InChI is InChI=1S/C12H19N5O3/c13-16-11-6-9(17(19)20)5-10(15-11)14-7-12(8-18)3-1-2-4-12/h5-6,18H,1-4,7-8,13H2,(H2,14,15,16). The Bertz CT molecular complexity index is 488. The topological polar surface area (TPSA) is 126 Å². The zero-order valence-corrected chi connectivity index (χ0v) is 11.1. The van der Waals surface area contributed by atoms with Crippen LogP contribution in [0.15, 0.2) is 12.1 Å².